The van der Waals surface area contributed by atoms with Crippen LogP contribution in [0.15, 0.2) is 42.5 Å². The van der Waals surface area contributed by atoms with Gasteiger partial charge in [-0.3, -0.25) is 0 Å². The molecule has 2 aromatic rings. The van der Waals surface area contributed by atoms with Crippen LogP contribution in [0.4, 0.5) is 11.4 Å². The molecule has 5 nitrogen and oxygen atoms in total. The molecule has 2 aliphatic rings. The maximum atomic E-state index is 11.1. The van der Waals surface area contributed by atoms with E-state index >= 15 is 0 Å². The maximum Gasteiger partial charge on any atom is 0.335 e. The summed E-state index contributed by atoms with van der Waals surface area (Å²) >= 11 is 6.26. The number of hydrogen-bond donors (Lipinski definition) is 1. The third-order valence-electron chi connectivity index (χ3n) is 6.47. The van der Waals surface area contributed by atoms with Gasteiger partial charge in [-0.25, -0.2) is 4.79 Å². The molecule has 29 heavy (non-hydrogen) atoms. The van der Waals surface area contributed by atoms with E-state index in [1.54, 1.807) is 18.2 Å². The van der Waals surface area contributed by atoms with E-state index in [4.69, 9.17) is 22.0 Å². The van der Waals surface area contributed by atoms with Gasteiger partial charge in [-0.1, -0.05) is 11.6 Å². The summed E-state index contributed by atoms with van der Waals surface area (Å²) in [5.74, 6) is -0.892. The van der Waals surface area contributed by atoms with E-state index in [1.165, 1.54) is 0 Å². The molecule has 1 atom stereocenters. The number of hydrogen-bond acceptors (Lipinski definition) is 4. The second-order valence-corrected chi connectivity index (χ2v) is 8.70. The summed E-state index contributed by atoms with van der Waals surface area (Å²) in [5, 5.41) is 18.7. The Labute approximate surface area is 176 Å². The van der Waals surface area contributed by atoms with Crippen molar-refractivity contribution in [1.29, 1.82) is 5.26 Å². The molecule has 2 heterocycles. The molecular formula is C23H24ClN3O2. The first-order valence-corrected chi connectivity index (χ1v) is 10.3. The Hall–Kier alpha value is -2.71. The monoisotopic (exact) mass is 409 g/mol. The number of benzene rings is 2. The summed E-state index contributed by atoms with van der Waals surface area (Å²) in [5.41, 5.74) is 3.30. The molecule has 2 aromatic carbocycles. The van der Waals surface area contributed by atoms with Crippen molar-refractivity contribution in [3.05, 3.63) is 58.6 Å². The average Bonchev–Trinajstić information content (AvgIpc) is 3.04. The molecule has 2 saturated heterocycles. The minimum absolute atomic E-state index is 0.289. The second kappa shape index (κ2) is 7.61. The van der Waals surface area contributed by atoms with Gasteiger partial charge in [0.25, 0.3) is 0 Å². The van der Waals surface area contributed by atoms with Gasteiger partial charge in [0.2, 0.25) is 0 Å². The van der Waals surface area contributed by atoms with Crippen LogP contribution in [0.5, 0.6) is 0 Å². The smallest absolute Gasteiger partial charge is 0.335 e. The van der Waals surface area contributed by atoms with Gasteiger partial charge in [0.15, 0.2) is 0 Å². The summed E-state index contributed by atoms with van der Waals surface area (Å²) in [4.78, 5) is 15.8. The number of nitriles is 1. The Morgan fingerprint density at radius 2 is 1.83 bits per heavy atom. The minimum Gasteiger partial charge on any atom is -0.478 e. The van der Waals surface area contributed by atoms with Crippen molar-refractivity contribution in [3.63, 3.8) is 0 Å². The van der Waals surface area contributed by atoms with Gasteiger partial charge in [-0.2, -0.15) is 5.26 Å². The molecule has 0 bridgehead atoms. The Morgan fingerprint density at radius 3 is 2.41 bits per heavy atom. The minimum atomic E-state index is -0.892. The molecule has 0 unspecified atom stereocenters. The fraction of sp³-hybridized carbons (Fsp3) is 0.391. The lowest BCUT2D eigenvalue weighted by Gasteiger charge is -2.40. The molecule has 0 amide bonds. The lowest BCUT2D eigenvalue weighted by Crippen LogP contribution is -2.41. The zero-order valence-electron chi connectivity index (χ0n) is 16.4. The zero-order chi connectivity index (χ0) is 20.6. The van der Waals surface area contributed by atoms with E-state index in [0.717, 1.165) is 50.3 Å². The van der Waals surface area contributed by atoms with Gasteiger partial charge in [-0.05, 0) is 74.1 Å². The van der Waals surface area contributed by atoms with E-state index < -0.39 is 5.97 Å². The van der Waals surface area contributed by atoms with Crippen molar-refractivity contribution in [2.24, 2.45) is 5.41 Å². The fourth-order valence-electron chi connectivity index (χ4n) is 4.85. The number of anilines is 2. The van der Waals surface area contributed by atoms with Crippen molar-refractivity contribution >= 4 is 28.9 Å². The predicted molar refractivity (Wildman–Crippen MR) is 115 cm³/mol. The Kier molecular flexibility index (Phi) is 5.14. The van der Waals surface area contributed by atoms with Crippen LogP contribution in [-0.2, 0) is 0 Å². The number of halogens is 1. The first-order chi connectivity index (χ1) is 13.9. The van der Waals surface area contributed by atoms with E-state index in [1.807, 2.05) is 24.3 Å². The summed E-state index contributed by atoms with van der Waals surface area (Å²) in [6, 6.07) is 15.4. The van der Waals surface area contributed by atoms with Crippen LogP contribution >= 0.6 is 11.6 Å². The van der Waals surface area contributed by atoms with Crippen LogP contribution in [0.2, 0.25) is 5.02 Å². The largest absolute Gasteiger partial charge is 0.478 e. The third-order valence-corrected chi connectivity index (χ3v) is 6.79. The van der Waals surface area contributed by atoms with Gasteiger partial charge in [0.1, 0.15) is 6.07 Å². The van der Waals surface area contributed by atoms with Crippen molar-refractivity contribution in [3.8, 4) is 6.07 Å². The number of carbonyl (C=O) groups is 1. The molecule has 4 rings (SSSR count). The van der Waals surface area contributed by atoms with Crippen LogP contribution in [0.1, 0.15) is 42.1 Å². The molecule has 0 aromatic heterocycles. The van der Waals surface area contributed by atoms with Gasteiger partial charge >= 0.3 is 5.97 Å². The predicted octanol–water partition coefficient (Wildman–Crippen LogP) is 4.80. The first kappa shape index (κ1) is 19.6. The molecule has 1 N–H and O–H groups in total. The molecule has 2 aliphatic heterocycles. The van der Waals surface area contributed by atoms with Gasteiger partial charge in [0, 0.05) is 37.1 Å². The standard InChI is InChI=1S/C23H24ClN3O2/c1-16-13-23(15-27(16)20-7-4-18(14-25)21(24)12-20)8-10-26(11-9-23)19-5-2-17(3-6-19)22(28)29/h2-7,12,16H,8-11,13,15H2,1H3,(H,28,29)/t16-/m0/s1. The topological polar surface area (TPSA) is 67.6 Å². The number of nitrogens with zero attached hydrogens (tertiary/aromatic N) is 3. The Balaban J connectivity index is 1.44. The summed E-state index contributed by atoms with van der Waals surface area (Å²) in [7, 11) is 0. The third kappa shape index (κ3) is 3.77. The molecule has 0 radical (unpaired) electrons. The van der Waals surface area contributed by atoms with Crippen LogP contribution in [0, 0.1) is 16.7 Å². The van der Waals surface area contributed by atoms with Crippen LogP contribution in [0.25, 0.3) is 0 Å². The molecule has 2 fully saturated rings. The van der Waals surface area contributed by atoms with E-state index in [0.29, 0.717) is 22.2 Å². The SMILES string of the molecule is C[C@H]1CC2(CCN(c3ccc(C(=O)O)cc3)CC2)CN1c1ccc(C#N)c(Cl)c1. The lowest BCUT2D eigenvalue weighted by molar-refractivity contribution is 0.0697. The molecule has 6 heteroatoms. The molecule has 0 saturated carbocycles. The van der Waals surface area contributed by atoms with E-state index in [9.17, 15) is 4.79 Å². The summed E-state index contributed by atoms with van der Waals surface area (Å²) < 4.78 is 0. The van der Waals surface area contributed by atoms with E-state index in [-0.39, 0.29) is 5.41 Å². The van der Waals surface area contributed by atoms with Crippen molar-refractivity contribution in [2.75, 3.05) is 29.4 Å². The number of carboxylic acids is 1. The highest BCUT2D eigenvalue weighted by Crippen LogP contribution is 2.45. The molecule has 0 aliphatic carbocycles. The van der Waals surface area contributed by atoms with Gasteiger partial charge < -0.3 is 14.9 Å². The Bertz CT molecular complexity index is 959. The fourth-order valence-corrected chi connectivity index (χ4v) is 5.07. The van der Waals surface area contributed by atoms with Crippen molar-refractivity contribution in [2.45, 2.75) is 32.2 Å². The van der Waals surface area contributed by atoms with Crippen molar-refractivity contribution in [1.82, 2.24) is 0 Å². The Morgan fingerprint density at radius 1 is 1.17 bits per heavy atom. The number of rotatable bonds is 3. The van der Waals surface area contributed by atoms with Crippen molar-refractivity contribution < 1.29 is 9.90 Å². The summed E-state index contributed by atoms with van der Waals surface area (Å²) in [6.07, 6.45) is 3.37. The molecular weight excluding hydrogens is 386 g/mol. The highest BCUT2D eigenvalue weighted by Gasteiger charge is 2.44. The number of aromatic carboxylic acids is 1. The average molecular weight is 410 g/mol. The molecule has 1 spiro atoms. The van der Waals surface area contributed by atoms with Crippen LogP contribution in [-0.4, -0.2) is 36.8 Å². The normalized spacial score (nSPS) is 20.7. The van der Waals surface area contributed by atoms with Crippen LogP contribution in [0.3, 0.4) is 0 Å². The summed E-state index contributed by atoms with van der Waals surface area (Å²) in [6.45, 7) is 5.21. The quantitative estimate of drug-likeness (QED) is 0.788. The highest BCUT2D eigenvalue weighted by atomic mass is 35.5. The number of carboxylic acid groups (broad SMARTS) is 1. The van der Waals surface area contributed by atoms with E-state index in [2.05, 4.69) is 22.8 Å². The lowest BCUT2D eigenvalue weighted by atomic mass is 9.76. The second-order valence-electron chi connectivity index (χ2n) is 8.30. The molecule has 150 valence electrons. The highest BCUT2D eigenvalue weighted by molar-refractivity contribution is 6.32. The first-order valence-electron chi connectivity index (χ1n) is 9.95. The zero-order valence-corrected chi connectivity index (χ0v) is 17.2. The van der Waals surface area contributed by atoms with Crippen LogP contribution < -0.4 is 9.80 Å². The van der Waals surface area contributed by atoms with Gasteiger partial charge in [-0.15, -0.1) is 0 Å². The maximum absolute atomic E-state index is 11.1. The van der Waals surface area contributed by atoms with Gasteiger partial charge in [0.05, 0.1) is 16.1 Å². The number of piperidine rings is 1.